The van der Waals surface area contributed by atoms with Crippen LogP contribution in [0.15, 0.2) is 30.5 Å². The summed E-state index contributed by atoms with van der Waals surface area (Å²) < 4.78 is 5.35. The van der Waals surface area contributed by atoms with E-state index in [4.69, 9.17) is 21.4 Å². The van der Waals surface area contributed by atoms with E-state index in [2.05, 4.69) is 10.3 Å². The van der Waals surface area contributed by atoms with Gasteiger partial charge in [0.1, 0.15) is 12.4 Å². The molecule has 8 heteroatoms. The van der Waals surface area contributed by atoms with Crippen molar-refractivity contribution in [1.29, 1.82) is 0 Å². The topological polar surface area (TPSA) is 97.5 Å². The van der Waals surface area contributed by atoms with E-state index in [1.807, 2.05) is 6.92 Å². The summed E-state index contributed by atoms with van der Waals surface area (Å²) >= 11 is 5.73. The first kappa shape index (κ1) is 16.0. The van der Waals surface area contributed by atoms with Gasteiger partial charge in [-0.05, 0) is 30.7 Å². The molecular weight excluding hydrogens is 310 g/mol. The Kier molecular flexibility index (Phi) is 5.13. The Bertz CT molecular complexity index is 694. The first-order chi connectivity index (χ1) is 10.5. The second-order valence-electron chi connectivity index (χ2n) is 4.46. The highest BCUT2D eigenvalue weighted by Crippen LogP contribution is 2.29. The molecule has 1 heterocycles. The molecule has 7 nitrogen and oxygen atoms in total. The number of ether oxygens (including phenoxy) is 1. The zero-order chi connectivity index (χ0) is 16.1. The molecule has 0 atom stereocenters. The van der Waals surface area contributed by atoms with Gasteiger partial charge in [-0.1, -0.05) is 11.6 Å². The van der Waals surface area contributed by atoms with E-state index in [-0.39, 0.29) is 29.7 Å². The van der Waals surface area contributed by atoms with Gasteiger partial charge in [-0.15, -0.1) is 0 Å². The molecule has 1 aromatic heterocycles. The van der Waals surface area contributed by atoms with Gasteiger partial charge < -0.3 is 15.2 Å². The third-order valence-electron chi connectivity index (χ3n) is 2.82. The van der Waals surface area contributed by atoms with E-state index in [0.29, 0.717) is 11.4 Å². The Balaban J connectivity index is 2.24. The summed E-state index contributed by atoms with van der Waals surface area (Å²) in [6.45, 7) is 1.97. The molecule has 0 spiro atoms. The van der Waals surface area contributed by atoms with Crippen LogP contribution in [0, 0.1) is 17.0 Å². The van der Waals surface area contributed by atoms with Gasteiger partial charge in [0.05, 0.1) is 16.6 Å². The molecule has 0 bridgehead atoms. The molecule has 22 heavy (non-hydrogen) atoms. The van der Waals surface area contributed by atoms with Crippen LogP contribution in [-0.4, -0.2) is 28.2 Å². The molecule has 0 aliphatic heterocycles. The number of anilines is 2. The van der Waals surface area contributed by atoms with Crippen LogP contribution in [0.5, 0.6) is 5.75 Å². The van der Waals surface area contributed by atoms with Crippen LogP contribution in [0.3, 0.4) is 0 Å². The number of rotatable bonds is 6. The summed E-state index contributed by atoms with van der Waals surface area (Å²) in [4.78, 5) is 14.4. The maximum Gasteiger partial charge on any atom is 0.313 e. The molecule has 2 N–H and O–H groups in total. The zero-order valence-corrected chi connectivity index (χ0v) is 12.5. The normalized spacial score (nSPS) is 10.3. The predicted molar refractivity (Wildman–Crippen MR) is 82.9 cm³/mol. The van der Waals surface area contributed by atoms with Crippen LogP contribution in [-0.2, 0) is 0 Å². The fourth-order valence-corrected chi connectivity index (χ4v) is 2.00. The molecule has 1 aromatic carbocycles. The minimum absolute atomic E-state index is 0.0691. The van der Waals surface area contributed by atoms with Crippen LogP contribution in [0.4, 0.5) is 17.2 Å². The van der Waals surface area contributed by atoms with Crippen molar-refractivity contribution in [3.63, 3.8) is 0 Å². The van der Waals surface area contributed by atoms with Crippen molar-refractivity contribution in [3.05, 3.63) is 51.2 Å². The first-order valence-electron chi connectivity index (χ1n) is 6.42. The highest BCUT2D eigenvalue weighted by Gasteiger charge is 2.16. The maximum atomic E-state index is 11.0. The Morgan fingerprint density at radius 3 is 2.86 bits per heavy atom. The molecule has 0 amide bonds. The van der Waals surface area contributed by atoms with E-state index in [0.717, 1.165) is 5.56 Å². The number of nitro groups is 1. The van der Waals surface area contributed by atoms with Gasteiger partial charge in [-0.3, -0.25) is 10.1 Å². The van der Waals surface area contributed by atoms with Crippen LogP contribution in [0.1, 0.15) is 5.56 Å². The average molecular weight is 324 g/mol. The van der Waals surface area contributed by atoms with Gasteiger partial charge in [-0.2, -0.15) is 0 Å². The fourth-order valence-electron chi connectivity index (χ4n) is 1.85. The van der Waals surface area contributed by atoms with Crippen LogP contribution >= 0.6 is 11.6 Å². The molecule has 0 saturated carbocycles. The minimum atomic E-state index is -0.549. The number of hydrogen-bond donors (Lipinski definition) is 2. The van der Waals surface area contributed by atoms with Crippen molar-refractivity contribution in [1.82, 2.24) is 4.98 Å². The Hall–Kier alpha value is -2.38. The fraction of sp³-hybridized carbons (Fsp3) is 0.214. The summed E-state index contributed by atoms with van der Waals surface area (Å²) in [7, 11) is 0. The Labute approximate surface area is 131 Å². The third-order valence-corrected chi connectivity index (χ3v) is 3.02. The maximum absolute atomic E-state index is 11.0. The second kappa shape index (κ2) is 7.06. The summed E-state index contributed by atoms with van der Waals surface area (Å²) in [6.07, 6.45) is 1.34. The third kappa shape index (κ3) is 3.84. The summed E-state index contributed by atoms with van der Waals surface area (Å²) in [5, 5.41) is 22.9. The SMILES string of the molecule is Cc1cc(Nc2ncc(Cl)cc2[N+](=O)[O-])ccc1OCCO. The molecule has 2 rings (SSSR count). The number of nitrogens with zero attached hydrogens (tertiary/aromatic N) is 2. The molecule has 0 fully saturated rings. The van der Waals surface area contributed by atoms with E-state index in [1.165, 1.54) is 12.3 Å². The minimum Gasteiger partial charge on any atom is -0.491 e. The highest BCUT2D eigenvalue weighted by atomic mass is 35.5. The largest absolute Gasteiger partial charge is 0.491 e. The lowest BCUT2D eigenvalue weighted by Crippen LogP contribution is -2.03. The molecule has 0 aliphatic rings. The number of aliphatic hydroxyl groups excluding tert-OH is 1. The Morgan fingerprint density at radius 1 is 1.45 bits per heavy atom. The van der Waals surface area contributed by atoms with Crippen molar-refractivity contribution in [2.75, 3.05) is 18.5 Å². The van der Waals surface area contributed by atoms with Gasteiger partial charge >= 0.3 is 5.69 Å². The summed E-state index contributed by atoms with van der Waals surface area (Å²) in [6, 6.07) is 6.43. The number of hydrogen-bond acceptors (Lipinski definition) is 6. The van der Waals surface area contributed by atoms with Gasteiger partial charge in [0.15, 0.2) is 0 Å². The lowest BCUT2D eigenvalue weighted by Gasteiger charge is -2.11. The molecular formula is C14H14ClN3O4. The number of aryl methyl sites for hydroxylation is 1. The van der Waals surface area contributed by atoms with Crippen molar-refractivity contribution in [2.45, 2.75) is 6.92 Å². The van der Waals surface area contributed by atoms with Crippen LogP contribution in [0.25, 0.3) is 0 Å². The summed E-state index contributed by atoms with van der Waals surface area (Å²) in [5.74, 6) is 0.746. The summed E-state index contributed by atoms with van der Waals surface area (Å²) in [5.41, 5.74) is 1.26. The highest BCUT2D eigenvalue weighted by molar-refractivity contribution is 6.30. The smallest absolute Gasteiger partial charge is 0.313 e. The molecule has 116 valence electrons. The zero-order valence-electron chi connectivity index (χ0n) is 11.7. The lowest BCUT2D eigenvalue weighted by molar-refractivity contribution is -0.384. The predicted octanol–water partition coefficient (Wildman–Crippen LogP) is 3.07. The van der Waals surface area contributed by atoms with E-state index in [9.17, 15) is 10.1 Å². The van der Waals surface area contributed by atoms with Crippen molar-refractivity contribution in [3.8, 4) is 5.75 Å². The Morgan fingerprint density at radius 2 is 2.23 bits per heavy atom. The van der Waals surface area contributed by atoms with E-state index in [1.54, 1.807) is 18.2 Å². The van der Waals surface area contributed by atoms with Crippen LogP contribution in [0.2, 0.25) is 5.02 Å². The van der Waals surface area contributed by atoms with Crippen molar-refractivity contribution < 1.29 is 14.8 Å². The number of pyridine rings is 1. The van der Waals surface area contributed by atoms with Gasteiger partial charge in [-0.25, -0.2) is 4.98 Å². The van der Waals surface area contributed by atoms with E-state index >= 15 is 0 Å². The number of aliphatic hydroxyl groups is 1. The molecule has 0 aliphatic carbocycles. The number of aromatic nitrogens is 1. The molecule has 0 unspecified atom stereocenters. The molecule has 2 aromatic rings. The monoisotopic (exact) mass is 323 g/mol. The van der Waals surface area contributed by atoms with E-state index < -0.39 is 4.92 Å². The van der Waals surface area contributed by atoms with Crippen LogP contribution < -0.4 is 10.1 Å². The standard InChI is InChI=1S/C14H14ClN3O4/c1-9-6-11(2-3-13(9)22-5-4-19)17-14-12(18(20)21)7-10(15)8-16-14/h2-3,6-8,19H,4-5H2,1H3,(H,16,17). The average Bonchev–Trinajstić information content (AvgIpc) is 2.48. The molecule has 0 saturated heterocycles. The lowest BCUT2D eigenvalue weighted by atomic mass is 10.2. The number of halogens is 1. The number of benzene rings is 1. The first-order valence-corrected chi connectivity index (χ1v) is 6.80. The van der Waals surface area contributed by atoms with Gasteiger partial charge in [0, 0.05) is 18.0 Å². The second-order valence-corrected chi connectivity index (χ2v) is 4.89. The number of nitrogens with one attached hydrogen (secondary N) is 1. The van der Waals surface area contributed by atoms with Crippen molar-refractivity contribution >= 4 is 28.8 Å². The quantitative estimate of drug-likeness (QED) is 0.626. The van der Waals surface area contributed by atoms with Gasteiger partial charge in [0.2, 0.25) is 5.82 Å². The van der Waals surface area contributed by atoms with Crippen molar-refractivity contribution in [2.24, 2.45) is 0 Å². The van der Waals surface area contributed by atoms with Gasteiger partial charge in [0.25, 0.3) is 0 Å². The molecule has 0 radical (unpaired) electrons.